The van der Waals surface area contributed by atoms with Crippen LogP contribution in [-0.2, 0) is 14.6 Å². The Bertz CT molecular complexity index is 351. The predicted molar refractivity (Wildman–Crippen MR) is 69.8 cm³/mol. The van der Waals surface area contributed by atoms with Crippen LogP contribution in [0.3, 0.4) is 0 Å². The summed E-state index contributed by atoms with van der Waals surface area (Å²) in [6.45, 7) is 3.73. The van der Waals surface area contributed by atoms with Gasteiger partial charge in [-0.3, -0.25) is 4.79 Å². The van der Waals surface area contributed by atoms with Gasteiger partial charge < -0.3 is 0 Å². The molecule has 0 aromatic carbocycles. The molecule has 0 aromatic heterocycles. The van der Waals surface area contributed by atoms with E-state index in [1.807, 2.05) is 0 Å². The van der Waals surface area contributed by atoms with Crippen molar-refractivity contribution in [3.63, 3.8) is 0 Å². The lowest BCUT2D eigenvalue weighted by Gasteiger charge is -2.25. The summed E-state index contributed by atoms with van der Waals surface area (Å²) in [5.41, 5.74) is -0.115. The van der Waals surface area contributed by atoms with Gasteiger partial charge in [-0.25, -0.2) is 8.42 Å². The van der Waals surface area contributed by atoms with Crippen LogP contribution in [0.1, 0.15) is 58.8 Å². The molecule has 0 amide bonds. The first-order chi connectivity index (χ1) is 7.96. The molecule has 3 nitrogen and oxygen atoms in total. The van der Waals surface area contributed by atoms with Gasteiger partial charge in [-0.05, 0) is 25.7 Å². The highest BCUT2D eigenvalue weighted by molar-refractivity contribution is 7.91. The van der Waals surface area contributed by atoms with E-state index in [2.05, 4.69) is 6.92 Å². The zero-order chi connectivity index (χ0) is 12.9. The first kappa shape index (κ1) is 14.7. The number of sulfone groups is 1. The van der Waals surface area contributed by atoms with Crippen LogP contribution in [0.5, 0.6) is 0 Å². The molecule has 1 aliphatic rings. The van der Waals surface area contributed by atoms with E-state index in [4.69, 9.17) is 0 Å². The number of carbonyl (C=O) groups is 1. The number of Topliss-reactive ketones (excluding diaryl/α,β-unsaturated/α-hetero) is 1. The summed E-state index contributed by atoms with van der Waals surface area (Å²) in [5.74, 6) is 0.638. The van der Waals surface area contributed by atoms with Crippen molar-refractivity contribution in [2.75, 3.05) is 11.5 Å². The minimum Gasteiger partial charge on any atom is -0.299 e. The second-order valence-electron chi connectivity index (χ2n) is 5.10. The van der Waals surface area contributed by atoms with Gasteiger partial charge in [0.15, 0.2) is 0 Å². The van der Waals surface area contributed by atoms with Crippen LogP contribution in [0.4, 0.5) is 0 Å². The zero-order valence-corrected chi connectivity index (χ0v) is 11.8. The van der Waals surface area contributed by atoms with Crippen LogP contribution >= 0.6 is 0 Å². The average molecular weight is 260 g/mol. The molecule has 1 aliphatic carbocycles. The molecule has 4 heteroatoms. The minimum atomic E-state index is -2.92. The maximum atomic E-state index is 12.2. The van der Waals surface area contributed by atoms with Crippen molar-refractivity contribution in [2.45, 2.75) is 58.8 Å². The molecule has 1 fully saturated rings. The van der Waals surface area contributed by atoms with E-state index >= 15 is 0 Å². The Hall–Kier alpha value is -0.380. The van der Waals surface area contributed by atoms with Gasteiger partial charge in [-0.2, -0.15) is 0 Å². The maximum absolute atomic E-state index is 12.2. The number of rotatable bonds is 7. The lowest BCUT2D eigenvalue weighted by atomic mass is 9.78. The third-order valence-corrected chi connectivity index (χ3v) is 5.92. The third-order valence-electron chi connectivity index (χ3n) is 4.13. The van der Waals surface area contributed by atoms with Gasteiger partial charge in [-0.1, -0.05) is 26.7 Å². The molecular weight excluding hydrogens is 236 g/mol. The van der Waals surface area contributed by atoms with E-state index < -0.39 is 9.84 Å². The molecule has 0 bridgehead atoms. The fourth-order valence-corrected chi connectivity index (χ4v) is 3.62. The zero-order valence-electron chi connectivity index (χ0n) is 11.0. The number of ketones is 1. The van der Waals surface area contributed by atoms with Gasteiger partial charge in [-0.15, -0.1) is 0 Å². The highest BCUT2D eigenvalue weighted by Crippen LogP contribution is 2.42. The van der Waals surface area contributed by atoms with Crippen molar-refractivity contribution >= 4 is 15.6 Å². The van der Waals surface area contributed by atoms with Crippen molar-refractivity contribution in [1.29, 1.82) is 0 Å². The van der Waals surface area contributed by atoms with E-state index in [-0.39, 0.29) is 16.9 Å². The summed E-state index contributed by atoms with van der Waals surface area (Å²) >= 11 is 0. The van der Waals surface area contributed by atoms with Crippen molar-refractivity contribution in [3.05, 3.63) is 0 Å². The van der Waals surface area contributed by atoms with Gasteiger partial charge in [0.05, 0.1) is 5.75 Å². The molecule has 0 atom stereocenters. The smallest absolute Gasteiger partial charge is 0.150 e. The van der Waals surface area contributed by atoms with E-state index in [1.54, 1.807) is 6.92 Å². The summed E-state index contributed by atoms with van der Waals surface area (Å²) in [7, 11) is -2.92. The van der Waals surface area contributed by atoms with Crippen LogP contribution in [0.25, 0.3) is 0 Å². The lowest BCUT2D eigenvalue weighted by molar-refractivity contribution is -0.128. The summed E-state index contributed by atoms with van der Waals surface area (Å²) in [5, 5.41) is 0. The average Bonchev–Trinajstić information content (AvgIpc) is 2.78. The largest absolute Gasteiger partial charge is 0.299 e. The fourth-order valence-electron chi connectivity index (χ4n) is 2.74. The van der Waals surface area contributed by atoms with Gasteiger partial charge in [0.2, 0.25) is 0 Å². The van der Waals surface area contributed by atoms with Gasteiger partial charge in [0.1, 0.15) is 15.6 Å². The topological polar surface area (TPSA) is 51.2 Å². The number of carbonyl (C=O) groups excluding carboxylic acids is 1. The summed E-state index contributed by atoms with van der Waals surface area (Å²) in [6.07, 6.45) is 6.14. The van der Waals surface area contributed by atoms with E-state index in [9.17, 15) is 13.2 Å². The highest BCUT2D eigenvalue weighted by Gasteiger charge is 2.38. The van der Waals surface area contributed by atoms with Gasteiger partial charge in [0.25, 0.3) is 0 Å². The summed E-state index contributed by atoms with van der Waals surface area (Å²) in [6, 6.07) is 0. The first-order valence-electron chi connectivity index (χ1n) is 6.69. The van der Waals surface area contributed by atoms with Gasteiger partial charge in [0, 0.05) is 17.6 Å². The standard InChI is InChI=1S/C13H24O3S/c1-3-13(9-5-6-10-13)12(14)8-7-11-17(15,16)4-2/h3-11H2,1-2H3. The van der Waals surface area contributed by atoms with Crippen LogP contribution in [-0.4, -0.2) is 25.7 Å². The van der Waals surface area contributed by atoms with Gasteiger partial charge >= 0.3 is 0 Å². The quantitative estimate of drug-likeness (QED) is 0.707. The first-order valence-corrected chi connectivity index (χ1v) is 8.51. The summed E-state index contributed by atoms with van der Waals surface area (Å²) in [4.78, 5) is 12.2. The molecule has 0 radical (unpaired) electrons. The Morgan fingerprint density at radius 3 is 2.24 bits per heavy atom. The second kappa shape index (κ2) is 5.98. The van der Waals surface area contributed by atoms with E-state index in [1.165, 1.54) is 0 Å². The minimum absolute atomic E-state index is 0.115. The Kier molecular flexibility index (Phi) is 5.17. The number of hydrogen-bond donors (Lipinski definition) is 0. The molecular formula is C13H24O3S. The molecule has 0 unspecified atom stereocenters. The molecule has 0 spiro atoms. The second-order valence-corrected chi connectivity index (χ2v) is 7.58. The molecule has 0 aromatic rings. The summed E-state index contributed by atoms with van der Waals surface area (Å²) < 4.78 is 22.7. The van der Waals surface area contributed by atoms with Crippen LogP contribution in [0, 0.1) is 5.41 Å². The third kappa shape index (κ3) is 3.80. The highest BCUT2D eigenvalue weighted by atomic mass is 32.2. The number of hydrogen-bond acceptors (Lipinski definition) is 3. The maximum Gasteiger partial charge on any atom is 0.150 e. The lowest BCUT2D eigenvalue weighted by Crippen LogP contribution is -2.27. The molecule has 100 valence electrons. The van der Waals surface area contributed by atoms with Crippen LogP contribution in [0.2, 0.25) is 0 Å². The Morgan fingerprint density at radius 1 is 1.18 bits per heavy atom. The predicted octanol–water partition coefficient (Wildman–Crippen LogP) is 2.74. The molecule has 0 heterocycles. The molecule has 0 N–H and O–H groups in total. The molecule has 1 rings (SSSR count). The van der Waals surface area contributed by atoms with Crippen molar-refractivity contribution in [3.8, 4) is 0 Å². The van der Waals surface area contributed by atoms with Crippen LogP contribution in [0.15, 0.2) is 0 Å². The Labute approximate surface area is 105 Å². The Morgan fingerprint density at radius 2 is 1.76 bits per heavy atom. The monoisotopic (exact) mass is 260 g/mol. The molecule has 0 aliphatic heterocycles. The fraction of sp³-hybridized carbons (Fsp3) is 0.923. The normalized spacial score (nSPS) is 19.4. The van der Waals surface area contributed by atoms with Crippen molar-refractivity contribution in [1.82, 2.24) is 0 Å². The SMILES string of the molecule is CCC1(C(=O)CCCS(=O)(=O)CC)CCCC1. The Balaban J connectivity index is 2.44. The van der Waals surface area contributed by atoms with E-state index in [0.717, 1.165) is 32.1 Å². The van der Waals surface area contributed by atoms with Crippen LogP contribution < -0.4 is 0 Å². The van der Waals surface area contributed by atoms with E-state index in [0.29, 0.717) is 18.6 Å². The van der Waals surface area contributed by atoms with Crippen molar-refractivity contribution in [2.24, 2.45) is 5.41 Å². The molecule has 17 heavy (non-hydrogen) atoms. The van der Waals surface area contributed by atoms with Crippen molar-refractivity contribution < 1.29 is 13.2 Å². The molecule has 1 saturated carbocycles. The molecule has 0 saturated heterocycles.